The smallest absolute Gasteiger partial charge is 0.252 e. The standard InChI is InChI=1S/C20H20FN3O/c1-2-3-4-9-23-20(25)17-13-19(14-7-10-22-11-8-14)24-18-6-5-15(21)12-16(17)18/h5-8,10-13H,2-4,9H2,1H3,(H,23,25). The van der Waals surface area contributed by atoms with Crippen LogP contribution in [0.1, 0.15) is 36.5 Å². The highest BCUT2D eigenvalue weighted by Gasteiger charge is 2.14. The summed E-state index contributed by atoms with van der Waals surface area (Å²) in [4.78, 5) is 21.2. The first-order valence-electron chi connectivity index (χ1n) is 8.48. The summed E-state index contributed by atoms with van der Waals surface area (Å²) in [5.74, 6) is -0.588. The number of halogens is 1. The van der Waals surface area contributed by atoms with Crippen LogP contribution in [0.4, 0.5) is 4.39 Å². The molecule has 2 aromatic heterocycles. The summed E-state index contributed by atoms with van der Waals surface area (Å²) in [6.07, 6.45) is 6.43. The van der Waals surface area contributed by atoms with E-state index < -0.39 is 0 Å². The van der Waals surface area contributed by atoms with Crippen LogP contribution in [-0.4, -0.2) is 22.4 Å². The highest BCUT2D eigenvalue weighted by atomic mass is 19.1. The number of carbonyl (C=O) groups excluding carboxylic acids is 1. The van der Waals surface area contributed by atoms with Gasteiger partial charge in [-0.25, -0.2) is 9.37 Å². The highest BCUT2D eigenvalue weighted by molar-refractivity contribution is 6.07. The van der Waals surface area contributed by atoms with Crippen molar-refractivity contribution < 1.29 is 9.18 Å². The van der Waals surface area contributed by atoms with Gasteiger partial charge in [-0.05, 0) is 42.8 Å². The van der Waals surface area contributed by atoms with E-state index in [1.165, 1.54) is 12.1 Å². The number of unbranched alkanes of at least 4 members (excludes halogenated alkanes) is 2. The molecule has 1 amide bonds. The van der Waals surface area contributed by atoms with Crippen LogP contribution in [0.2, 0.25) is 0 Å². The Labute approximate surface area is 146 Å². The molecule has 3 rings (SSSR count). The van der Waals surface area contributed by atoms with E-state index in [4.69, 9.17) is 0 Å². The first-order chi connectivity index (χ1) is 12.2. The molecular weight excluding hydrogens is 317 g/mol. The summed E-state index contributed by atoms with van der Waals surface area (Å²) < 4.78 is 13.7. The van der Waals surface area contributed by atoms with Crippen LogP contribution in [0.15, 0.2) is 48.8 Å². The minimum absolute atomic E-state index is 0.204. The first-order valence-corrected chi connectivity index (χ1v) is 8.48. The largest absolute Gasteiger partial charge is 0.352 e. The highest BCUT2D eigenvalue weighted by Crippen LogP contribution is 2.25. The van der Waals surface area contributed by atoms with Crippen molar-refractivity contribution in [3.05, 3.63) is 60.2 Å². The van der Waals surface area contributed by atoms with Crippen molar-refractivity contribution >= 4 is 16.8 Å². The first kappa shape index (κ1) is 17.0. The van der Waals surface area contributed by atoms with Gasteiger partial charge in [-0.1, -0.05) is 19.8 Å². The number of hydrogen-bond donors (Lipinski definition) is 1. The fraction of sp³-hybridized carbons (Fsp3) is 0.250. The molecule has 0 atom stereocenters. The second-order valence-electron chi connectivity index (χ2n) is 5.92. The molecule has 0 aliphatic carbocycles. The Balaban J connectivity index is 2.01. The fourth-order valence-corrected chi connectivity index (χ4v) is 2.73. The summed E-state index contributed by atoms with van der Waals surface area (Å²) >= 11 is 0. The van der Waals surface area contributed by atoms with E-state index in [-0.39, 0.29) is 11.7 Å². The van der Waals surface area contributed by atoms with Crippen LogP contribution in [0.3, 0.4) is 0 Å². The monoisotopic (exact) mass is 337 g/mol. The van der Waals surface area contributed by atoms with Crippen LogP contribution < -0.4 is 5.32 Å². The van der Waals surface area contributed by atoms with Gasteiger partial charge >= 0.3 is 0 Å². The molecule has 0 aliphatic rings. The molecule has 0 unspecified atom stereocenters. The molecule has 1 aromatic carbocycles. The van der Waals surface area contributed by atoms with Crippen molar-refractivity contribution in [2.75, 3.05) is 6.54 Å². The minimum Gasteiger partial charge on any atom is -0.352 e. The molecule has 0 saturated heterocycles. The Morgan fingerprint density at radius 2 is 1.92 bits per heavy atom. The van der Waals surface area contributed by atoms with Crippen molar-refractivity contribution in [2.45, 2.75) is 26.2 Å². The maximum atomic E-state index is 13.7. The zero-order valence-corrected chi connectivity index (χ0v) is 14.1. The van der Waals surface area contributed by atoms with Crippen LogP contribution >= 0.6 is 0 Å². The summed E-state index contributed by atoms with van der Waals surface area (Å²) in [5, 5.41) is 3.44. The molecule has 0 spiro atoms. The van der Waals surface area contributed by atoms with Crippen molar-refractivity contribution in [3.8, 4) is 11.3 Å². The number of hydrogen-bond acceptors (Lipinski definition) is 3. The van der Waals surface area contributed by atoms with Gasteiger partial charge in [0, 0.05) is 29.9 Å². The van der Waals surface area contributed by atoms with E-state index in [1.54, 1.807) is 24.5 Å². The lowest BCUT2D eigenvalue weighted by Crippen LogP contribution is -2.24. The Morgan fingerprint density at radius 1 is 1.12 bits per heavy atom. The predicted octanol–water partition coefficient (Wildman–Crippen LogP) is 4.36. The lowest BCUT2D eigenvalue weighted by Gasteiger charge is -2.11. The van der Waals surface area contributed by atoms with E-state index in [1.807, 2.05) is 12.1 Å². The van der Waals surface area contributed by atoms with Crippen LogP contribution in [0.5, 0.6) is 0 Å². The normalized spacial score (nSPS) is 10.8. The Kier molecular flexibility index (Phi) is 5.33. The van der Waals surface area contributed by atoms with E-state index in [9.17, 15) is 9.18 Å². The van der Waals surface area contributed by atoms with E-state index in [0.29, 0.717) is 28.7 Å². The maximum absolute atomic E-state index is 13.7. The Hall–Kier alpha value is -2.82. The summed E-state index contributed by atoms with van der Waals surface area (Å²) in [6, 6.07) is 9.70. The zero-order chi connectivity index (χ0) is 17.6. The molecule has 128 valence electrons. The maximum Gasteiger partial charge on any atom is 0.252 e. The lowest BCUT2D eigenvalue weighted by molar-refractivity contribution is 0.0954. The third kappa shape index (κ3) is 3.99. The van der Waals surface area contributed by atoms with Gasteiger partial charge in [-0.2, -0.15) is 0 Å². The summed E-state index contributed by atoms with van der Waals surface area (Å²) in [6.45, 7) is 2.72. The average Bonchev–Trinajstić information content (AvgIpc) is 2.65. The number of benzene rings is 1. The van der Waals surface area contributed by atoms with Crippen LogP contribution in [0.25, 0.3) is 22.2 Å². The van der Waals surface area contributed by atoms with Gasteiger partial charge < -0.3 is 5.32 Å². The zero-order valence-electron chi connectivity index (χ0n) is 14.1. The Bertz CT molecular complexity index is 881. The molecule has 1 N–H and O–H groups in total. The second kappa shape index (κ2) is 7.83. The molecule has 25 heavy (non-hydrogen) atoms. The number of amides is 1. The van der Waals surface area contributed by atoms with E-state index >= 15 is 0 Å². The van der Waals surface area contributed by atoms with E-state index in [0.717, 1.165) is 24.8 Å². The van der Waals surface area contributed by atoms with Crippen molar-refractivity contribution in [3.63, 3.8) is 0 Å². The molecule has 0 aliphatic heterocycles. The van der Waals surface area contributed by atoms with Crippen molar-refractivity contribution in [1.29, 1.82) is 0 Å². The molecule has 0 bridgehead atoms. The van der Waals surface area contributed by atoms with Gasteiger partial charge in [0.25, 0.3) is 5.91 Å². The molecule has 5 heteroatoms. The molecule has 0 saturated carbocycles. The minimum atomic E-state index is -0.383. The van der Waals surface area contributed by atoms with Gasteiger partial charge in [0.05, 0.1) is 16.8 Å². The van der Waals surface area contributed by atoms with Gasteiger partial charge in [0.15, 0.2) is 0 Å². The average molecular weight is 337 g/mol. The third-order valence-corrected chi connectivity index (χ3v) is 4.06. The molecule has 0 radical (unpaired) electrons. The van der Waals surface area contributed by atoms with Gasteiger partial charge in [0.2, 0.25) is 0 Å². The summed E-state index contributed by atoms with van der Waals surface area (Å²) in [7, 11) is 0. The number of pyridine rings is 2. The van der Waals surface area contributed by atoms with Crippen LogP contribution in [-0.2, 0) is 0 Å². The molecular formula is C20H20FN3O. The quantitative estimate of drug-likeness (QED) is 0.680. The second-order valence-corrected chi connectivity index (χ2v) is 5.92. The predicted molar refractivity (Wildman–Crippen MR) is 96.8 cm³/mol. The van der Waals surface area contributed by atoms with E-state index in [2.05, 4.69) is 22.2 Å². The molecule has 4 nitrogen and oxygen atoms in total. The van der Waals surface area contributed by atoms with Crippen molar-refractivity contribution in [1.82, 2.24) is 15.3 Å². The third-order valence-electron chi connectivity index (χ3n) is 4.06. The topological polar surface area (TPSA) is 54.9 Å². The van der Waals surface area contributed by atoms with Crippen LogP contribution in [0, 0.1) is 5.82 Å². The van der Waals surface area contributed by atoms with Gasteiger partial charge in [-0.3, -0.25) is 9.78 Å². The molecule has 0 fully saturated rings. The number of nitrogens with one attached hydrogen (secondary N) is 1. The molecule has 3 aromatic rings. The number of rotatable bonds is 6. The van der Waals surface area contributed by atoms with Gasteiger partial charge in [0.1, 0.15) is 5.82 Å². The molecule has 2 heterocycles. The fourth-order valence-electron chi connectivity index (χ4n) is 2.73. The number of fused-ring (bicyclic) bond motifs is 1. The van der Waals surface area contributed by atoms with Crippen molar-refractivity contribution in [2.24, 2.45) is 0 Å². The lowest BCUT2D eigenvalue weighted by atomic mass is 10.0. The van der Waals surface area contributed by atoms with Gasteiger partial charge in [-0.15, -0.1) is 0 Å². The SMILES string of the molecule is CCCCCNC(=O)c1cc(-c2ccncc2)nc2ccc(F)cc12. The Morgan fingerprint density at radius 3 is 2.68 bits per heavy atom. The number of carbonyl (C=O) groups is 1. The number of nitrogens with zero attached hydrogens (tertiary/aromatic N) is 2. The summed E-state index contributed by atoms with van der Waals surface area (Å²) in [5.41, 5.74) is 2.56. The number of aromatic nitrogens is 2.